The van der Waals surface area contributed by atoms with Crippen molar-refractivity contribution in [1.82, 2.24) is 4.90 Å². The van der Waals surface area contributed by atoms with E-state index in [1.807, 2.05) is 18.7 Å². The standard InChI is InChI=1S/C38H63NO6.C3H8/c1-22(2)33(42)39-18-19-44-31(21-39)45-30-14-15-38-24(4)37(38)17-16-36(9)26(25(37)11-12-28(38)34(30,5)6)20-27(40)32(36)23(3)10-13-29(41)35(7,8)43;1-3-2/h22,24-31,40-41,43H,10-21H2,1-9H3;3H2,1-2H3/b32-23+;/t24-,25-,26?,27+,28?,29-,30-,31?,36-,37-,38?;/m0./s1. The maximum atomic E-state index is 12.7. The van der Waals surface area contributed by atoms with E-state index in [1.165, 1.54) is 43.3 Å². The van der Waals surface area contributed by atoms with Crippen LogP contribution in [0.4, 0.5) is 0 Å². The number of hydrogen-bond acceptors (Lipinski definition) is 6. The van der Waals surface area contributed by atoms with Crippen LogP contribution in [0.2, 0.25) is 0 Å². The van der Waals surface area contributed by atoms with Crippen LogP contribution >= 0.6 is 0 Å². The highest BCUT2D eigenvalue weighted by atomic mass is 16.7. The average Bonchev–Trinajstić information content (AvgIpc) is 3.41. The number of aliphatic hydroxyl groups excluding tert-OH is 2. The lowest BCUT2D eigenvalue weighted by molar-refractivity contribution is -0.244. The minimum absolute atomic E-state index is 0.00286. The summed E-state index contributed by atoms with van der Waals surface area (Å²) >= 11 is 0. The fourth-order valence-electron chi connectivity index (χ4n) is 12.8. The average molecular weight is 674 g/mol. The number of morpholine rings is 1. The molecule has 7 nitrogen and oxygen atoms in total. The summed E-state index contributed by atoms with van der Waals surface area (Å²) in [7, 11) is 0. The number of carbonyl (C=O) groups is 1. The number of rotatable bonds is 7. The molecule has 1 amide bonds. The molecule has 0 aromatic heterocycles. The third kappa shape index (κ3) is 5.95. The Morgan fingerprint density at radius 2 is 1.73 bits per heavy atom. The van der Waals surface area contributed by atoms with E-state index in [4.69, 9.17) is 9.47 Å². The number of fused-ring (bicyclic) bond motifs is 2. The molecule has 0 aromatic rings. The minimum atomic E-state index is -1.12. The smallest absolute Gasteiger partial charge is 0.225 e. The first-order valence-corrected chi connectivity index (χ1v) is 19.7. The predicted molar refractivity (Wildman–Crippen MR) is 191 cm³/mol. The fourth-order valence-corrected chi connectivity index (χ4v) is 12.8. The molecule has 7 heteroatoms. The summed E-state index contributed by atoms with van der Waals surface area (Å²) in [6.45, 7) is 25.2. The van der Waals surface area contributed by atoms with Crippen LogP contribution in [0.5, 0.6) is 0 Å². The molecule has 0 radical (unpaired) electrons. The van der Waals surface area contributed by atoms with Gasteiger partial charge in [0.15, 0.2) is 6.29 Å². The SMILES string of the molecule is C/C(CC[C@H](O)C(C)(C)O)=C1/[C@H](O)CC2[C@@H]3CCC4C(C)(C)[C@@H](OC5CN(C(=O)C(C)C)CCO5)CCC45[C@@H](C)[C@@]35CC[C@]12C.CCC. The van der Waals surface area contributed by atoms with Crippen molar-refractivity contribution in [2.24, 2.45) is 51.2 Å². The largest absolute Gasteiger partial charge is 0.390 e. The van der Waals surface area contributed by atoms with Gasteiger partial charge in [-0.1, -0.05) is 67.4 Å². The number of carbonyl (C=O) groups excluding carboxylic acids is 1. The second kappa shape index (κ2) is 13.5. The Labute approximate surface area is 292 Å². The Hall–Kier alpha value is -0.990. The van der Waals surface area contributed by atoms with Crippen LogP contribution in [0.1, 0.15) is 140 Å². The van der Waals surface area contributed by atoms with E-state index in [0.29, 0.717) is 67.0 Å². The van der Waals surface area contributed by atoms with Crippen molar-refractivity contribution in [3.05, 3.63) is 11.1 Å². The van der Waals surface area contributed by atoms with Gasteiger partial charge in [-0.25, -0.2) is 0 Å². The molecule has 48 heavy (non-hydrogen) atoms. The molecule has 1 heterocycles. The second-order valence-corrected chi connectivity index (χ2v) is 18.6. The van der Waals surface area contributed by atoms with Gasteiger partial charge in [0, 0.05) is 12.5 Å². The molecular formula is C41H71NO6. The number of ether oxygens (including phenoxy) is 2. The van der Waals surface area contributed by atoms with Gasteiger partial charge >= 0.3 is 0 Å². The van der Waals surface area contributed by atoms with Crippen LogP contribution in [0.15, 0.2) is 11.1 Å². The lowest BCUT2D eigenvalue weighted by Gasteiger charge is -2.59. The fraction of sp³-hybridized carbons (Fsp3) is 0.927. The summed E-state index contributed by atoms with van der Waals surface area (Å²) in [5, 5.41) is 32.4. The predicted octanol–water partition coefficient (Wildman–Crippen LogP) is 7.51. The zero-order valence-corrected chi connectivity index (χ0v) is 32.4. The number of allylic oxidation sites excluding steroid dienone is 1. The maximum Gasteiger partial charge on any atom is 0.225 e. The van der Waals surface area contributed by atoms with Gasteiger partial charge in [-0.15, -0.1) is 0 Å². The van der Waals surface area contributed by atoms with Crippen molar-refractivity contribution >= 4 is 5.91 Å². The van der Waals surface area contributed by atoms with E-state index < -0.39 is 17.8 Å². The lowest BCUT2D eigenvalue weighted by Crippen LogP contribution is -2.56. The molecule has 11 atom stereocenters. The zero-order valence-electron chi connectivity index (χ0n) is 32.4. The molecule has 2 spiro atoms. The number of amides is 1. The third-order valence-electron chi connectivity index (χ3n) is 14.9. The molecule has 6 rings (SSSR count). The first-order chi connectivity index (χ1) is 22.3. The number of nitrogens with zero attached hydrogens (tertiary/aromatic N) is 1. The van der Waals surface area contributed by atoms with Crippen molar-refractivity contribution in [2.75, 3.05) is 19.7 Å². The quantitative estimate of drug-likeness (QED) is 0.242. The molecular weight excluding hydrogens is 602 g/mol. The Morgan fingerprint density at radius 3 is 2.35 bits per heavy atom. The van der Waals surface area contributed by atoms with E-state index in [9.17, 15) is 20.1 Å². The minimum Gasteiger partial charge on any atom is -0.390 e. The highest BCUT2D eigenvalue weighted by molar-refractivity contribution is 5.78. The van der Waals surface area contributed by atoms with Crippen molar-refractivity contribution < 1.29 is 29.6 Å². The van der Waals surface area contributed by atoms with E-state index in [-0.39, 0.29) is 35.0 Å². The molecule has 5 aliphatic carbocycles. The van der Waals surface area contributed by atoms with E-state index in [0.717, 1.165) is 19.3 Å². The molecule has 1 saturated heterocycles. The lowest BCUT2D eigenvalue weighted by atomic mass is 9.46. The third-order valence-corrected chi connectivity index (χ3v) is 14.9. The summed E-state index contributed by atoms with van der Waals surface area (Å²) in [5.74, 6) is 2.58. The van der Waals surface area contributed by atoms with Crippen LogP contribution in [-0.2, 0) is 14.3 Å². The molecule has 4 unspecified atom stereocenters. The van der Waals surface area contributed by atoms with Crippen molar-refractivity contribution in [2.45, 2.75) is 171 Å². The molecule has 0 bridgehead atoms. The van der Waals surface area contributed by atoms with Crippen molar-refractivity contribution in [3.63, 3.8) is 0 Å². The zero-order chi connectivity index (χ0) is 35.6. The van der Waals surface area contributed by atoms with Crippen LogP contribution in [0, 0.1) is 51.2 Å². The van der Waals surface area contributed by atoms with Crippen LogP contribution in [0.25, 0.3) is 0 Å². The maximum absolute atomic E-state index is 12.7. The normalized spacial score (nSPS) is 43.2. The van der Waals surface area contributed by atoms with Crippen molar-refractivity contribution in [1.29, 1.82) is 0 Å². The van der Waals surface area contributed by atoms with Gasteiger partial charge in [0.25, 0.3) is 0 Å². The van der Waals surface area contributed by atoms with Gasteiger partial charge in [0.2, 0.25) is 5.91 Å². The van der Waals surface area contributed by atoms with Gasteiger partial charge < -0.3 is 29.7 Å². The topological polar surface area (TPSA) is 99.5 Å². The van der Waals surface area contributed by atoms with Crippen LogP contribution < -0.4 is 0 Å². The van der Waals surface area contributed by atoms with Gasteiger partial charge in [-0.05, 0) is 129 Å². The van der Waals surface area contributed by atoms with E-state index >= 15 is 0 Å². The van der Waals surface area contributed by atoms with Gasteiger partial charge in [0.1, 0.15) is 0 Å². The highest BCUT2D eigenvalue weighted by Gasteiger charge is 2.84. The van der Waals surface area contributed by atoms with E-state index in [1.54, 1.807) is 13.8 Å². The molecule has 6 aliphatic rings. The van der Waals surface area contributed by atoms with Gasteiger partial charge in [-0.3, -0.25) is 4.79 Å². The Morgan fingerprint density at radius 1 is 1.06 bits per heavy atom. The second-order valence-electron chi connectivity index (χ2n) is 18.6. The Kier molecular flexibility index (Phi) is 10.8. The number of hydrogen-bond donors (Lipinski definition) is 3. The molecule has 276 valence electrons. The Bertz CT molecular complexity index is 1210. The molecule has 0 aromatic carbocycles. The first-order valence-electron chi connectivity index (χ1n) is 19.7. The first kappa shape index (κ1) is 38.2. The summed E-state index contributed by atoms with van der Waals surface area (Å²) in [6.07, 6.45) is 8.95. The van der Waals surface area contributed by atoms with Crippen LogP contribution in [-0.4, -0.2) is 76.0 Å². The summed E-state index contributed by atoms with van der Waals surface area (Å²) < 4.78 is 12.9. The highest BCUT2D eigenvalue weighted by Crippen LogP contribution is 2.89. The summed E-state index contributed by atoms with van der Waals surface area (Å²) in [5.41, 5.74) is 2.06. The molecule has 6 fully saturated rings. The van der Waals surface area contributed by atoms with E-state index in [2.05, 4.69) is 48.5 Å². The van der Waals surface area contributed by atoms with Crippen molar-refractivity contribution in [3.8, 4) is 0 Å². The number of aliphatic hydroxyl groups is 3. The summed E-state index contributed by atoms with van der Waals surface area (Å²) in [6, 6.07) is 0. The Balaban J connectivity index is 0.00000145. The summed E-state index contributed by atoms with van der Waals surface area (Å²) in [4.78, 5) is 14.6. The molecule has 5 saturated carbocycles. The molecule has 1 aliphatic heterocycles. The van der Waals surface area contributed by atoms with Gasteiger partial charge in [0.05, 0.1) is 37.1 Å². The monoisotopic (exact) mass is 674 g/mol. The molecule has 3 N–H and O–H groups in total. The van der Waals surface area contributed by atoms with Crippen LogP contribution in [0.3, 0.4) is 0 Å². The van der Waals surface area contributed by atoms with Gasteiger partial charge in [-0.2, -0.15) is 0 Å².